The molecule has 9 nitrogen and oxygen atoms in total. The quantitative estimate of drug-likeness (QED) is 0.319. The van der Waals surface area contributed by atoms with Crippen LogP contribution in [0.1, 0.15) is 56.6 Å². The highest BCUT2D eigenvalue weighted by molar-refractivity contribution is 6.04. The lowest BCUT2D eigenvalue weighted by Gasteiger charge is -2.36. The molecule has 194 valence electrons. The second-order valence-corrected chi connectivity index (χ2v) is 9.41. The Morgan fingerprint density at radius 3 is 2.32 bits per heavy atom. The Morgan fingerprint density at radius 1 is 1.08 bits per heavy atom. The van der Waals surface area contributed by atoms with Gasteiger partial charge in [-0.15, -0.1) is 0 Å². The SMILES string of the molecule is COc1cc(C2C(C(=O)OC(C)C)=C(C)NC3=C2C(=O)CC(c2ccccc2)C3)c([N+](=O)[O-])cc1OC. The molecule has 37 heavy (non-hydrogen) atoms. The Morgan fingerprint density at radius 2 is 1.73 bits per heavy atom. The Kier molecular flexibility index (Phi) is 7.33. The first-order chi connectivity index (χ1) is 17.7. The van der Waals surface area contributed by atoms with Crippen LogP contribution < -0.4 is 14.8 Å². The zero-order valence-electron chi connectivity index (χ0n) is 21.5. The summed E-state index contributed by atoms with van der Waals surface area (Å²) >= 11 is 0. The predicted octanol–water partition coefficient (Wildman–Crippen LogP) is 4.93. The standard InChI is InChI=1S/C28H30N2O7/c1-15(2)37-28(32)25-16(3)29-20-11-18(17-9-7-6-8-10-17)12-22(31)27(20)26(25)19-13-23(35-4)24(36-5)14-21(19)30(33)34/h6-10,13-15,18,26,29H,11-12H2,1-5H3. The number of nitrogens with zero attached hydrogens (tertiary/aromatic N) is 1. The molecule has 0 radical (unpaired) electrons. The monoisotopic (exact) mass is 506 g/mol. The van der Waals surface area contributed by atoms with Crippen LogP contribution in [-0.4, -0.2) is 37.0 Å². The number of nitrogens with one attached hydrogen (secondary N) is 1. The normalized spacial score (nSPS) is 19.4. The lowest BCUT2D eigenvalue weighted by Crippen LogP contribution is -2.36. The zero-order valence-corrected chi connectivity index (χ0v) is 21.5. The minimum atomic E-state index is -1.01. The van der Waals surface area contributed by atoms with Gasteiger partial charge in [-0.05, 0) is 44.7 Å². The van der Waals surface area contributed by atoms with Crippen molar-refractivity contribution < 1.29 is 28.7 Å². The molecule has 1 heterocycles. The predicted molar refractivity (Wildman–Crippen MR) is 136 cm³/mol. The van der Waals surface area contributed by atoms with Crippen molar-refractivity contribution in [2.45, 2.75) is 51.6 Å². The van der Waals surface area contributed by atoms with Gasteiger partial charge >= 0.3 is 5.97 Å². The average molecular weight is 507 g/mol. The van der Waals surface area contributed by atoms with Gasteiger partial charge in [0.1, 0.15) is 0 Å². The number of rotatable bonds is 7. The summed E-state index contributed by atoms with van der Waals surface area (Å²) in [5.74, 6) is -1.46. The first-order valence-electron chi connectivity index (χ1n) is 12.1. The number of benzene rings is 2. The molecular formula is C28H30N2O7. The number of hydrogen-bond donors (Lipinski definition) is 1. The van der Waals surface area contributed by atoms with Gasteiger partial charge in [0.15, 0.2) is 17.3 Å². The minimum Gasteiger partial charge on any atom is -0.493 e. The Hall–Kier alpha value is -4.14. The van der Waals surface area contributed by atoms with Crippen molar-refractivity contribution in [2.75, 3.05) is 14.2 Å². The summed E-state index contributed by atoms with van der Waals surface area (Å²) in [4.78, 5) is 38.8. The third-order valence-corrected chi connectivity index (χ3v) is 6.70. The topological polar surface area (TPSA) is 117 Å². The molecule has 0 aromatic heterocycles. The van der Waals surface area contributed by atoms with E-state index in [1.807, 2.05) is 30.3 Å². The van der Waals surface area contributed by atoms with Crippen LogP contribution >= 0.6 is 0 Å². The number of carbonyl (C=O) groups is 2. The van der Waals surface area contributed by atoms with Crippen LogP contribution in [0.2, 0.25) is 0 Å². The molecule has 0 spiro atoms. The molecule has 0 saturated heterocycles. The van der Waals surface area contributed by atoms with Crippen LogP contribution in [0.4, 0.5) is 5.69 Å². The molecule has 4 rings (SSSR count). The molecule has 0 bridgehead atoms. The van der Waals surface area contributed by atoms with E-state index in [1.165, 1.54) is 26.4 Å². The molecule has 1 aliphatic carbocycles. The zero-order chi connectivity index (χ0) is 26.9. The number of esters is 1. The van der Waals surface area contributed by atoms with E-state index in [-0.39, 0.29) is 46.4 Å². The fraction of sp³-hybridized carbons (Fsp3) is 0.357. The van der Waals surface area contributed by atoms with E-state index in [0.717, 1.165) is 5.56 Å². The van der Waals surface area contributed by atoms with E-state index in [9.17, 15) is 19.7 Å². The van der Waals surface area contributed by atoms with Gasteiger partial charge in [0.2, 0.25) is 0 Å². The largest absolute Gasteiger partial charge is 0.493 e. The number of methoxy groups -OCH3 is 2. The number of nitro groups is 1. The van der Waals surface area contributed by atoms with Gasteiger partial charge < -0.3 is 19.5 Å². The van der Waals surface area contributed by atoms with Gasteiger partial charge in [-0.3, -0.25) is 14.9 Å². The van der Waals surface area contributed by atoms with Crippen molar-refractivity contribution in [3.05, 3.63) is 86.2 Å². The molecular weight excluding hydrogens is 476 g/mol. The maximum absolute atomic E-state index is 13.8. The average Bonchev–Trinajstić information content (AvgIpc) is 2.86. The number of carbonyl (C=O) groups excluding carboxylic acids is 2. The van der Waals surface area contributed by atoms with Crippen LogP contribution in [0.5, 0.6) is 11.5 Å². The Bertz CT molecular complexity index is 1310. The third kappa shape index (κ3) is 4.94. The molecule has 2 aromatic carbocycles. The summed E-state index contributed by atoms with van der Waals surface area (Å²) < 4.78 is 16.2. The van der Waals surface area contributed by atoms with Gasteiger partial charge in [0.05, 0.1) is 42.8 Å². The van der Waals surface area contributed by atoms with E-state index in [2.05, 4.69) is 5.32 Å². The van der Waals surface area contributed by atoms with Crippen LogP contribution in [0.25, 0.3) is 0 Å². The molecule has 2 aromatic rings. The van der Waals surface area contributed by atoms with Crippen molar-refractivity contribution in [3.8, 4) is 11.5 Å². The van der Waals surface area contributed by atoms with Gasteiger partial charge in [-0.2, -0.15) is 0 Å². The van der Waals surface area contributed by atoms with Gasteiger partial charge in [0, 0.05) is 29.0 Å². The second-order valence-electron chi connectivity index (χ2n) is 9.41. The second kappa shape index (κ2) is 10.5. The third-order valence-electron chi connectivity index (χ3n) is 6.70. The van der Waals surface area contributed by atoms with Gasteiger partial charge in [-0.1, -0.05) is 30.3 Å². The minimum absolute atomic E-state index is 0.0574. The van der Waals surface area contributed by atoms with Crippen LogP contribution in [0.3, 0.4) is 0 Å². The lowest BCUT2D eigenvalue weighted by molar-refractivity contribution is -0.385. The van der Waals surface area contributed by atoms with Crippen LogP contribution in [0, 0.1) is 10.1 Å². The molecule has 2 unspecified atom stereocenters. The van der Waals surface area contributed by atoms with E-state index in [1.54, 1.807) is 20.8 Å². The number of ketones is 1. The summed E-state index contributed by atoms with van der Waals surface area (Å²) in [5.41, 5.74) is 2.55. The van der Waals surface area contributed by atoms with Crippen molar-refractivity contribution in [1.29, 1.82) is 0 Å². The highest BCUT2D eigenvalue weighted by Gasteiger charge is 2.44. The van der Waals surface area contributed by atoms with E-state index in [4.69, 9.17) is 14.2 Å². The molecule has 0 amide bonds. The smallest absolute Gasteiger partial charge is 0.337 e. The van der Waals surface area contributed by atoms with E-state index in [0.29, 0.717) is 23.4 Å². The Labute approximate surface area is 215 Å². The van der Waals surface area contributed by atoms with Gasteiger partial charge in [0.25, 0.3) is 5.69 Å². The Balaban J connectivity index is 1.94. The number of nitro benzene ring substituents is 1. The summed E-state index contributed by atoms with van der Waals surface area (Å²) in [5, 5.41) is 15.5. The molecule has 1 aliphatic heterocycles. The van der Waals surface area contributed by atoms with Crippen molar-refractivity contribution >= 4 is 17.4 Å². The van der Waals surface area contributed by atoms with Crippen molar-refractivity contribution in [2.24, 2.45) is 0 Å². The van der Waals surface area contributed by atoms with Crippen molar-refractivity contribution in [1.82, 2.24) is 5.32 Å². The fourth-order valence-corrected chi connectivity index (χ4v) is 5.13. The number of allylic oxidation sites excluding steroid dienone is 3. The van der Waals surface area contributed by atoms with Crippen LogP contribution in [-0.2, 0) is 14.3 Å². The summed E-state index contributed by atoms with van der Waals surface area (Å²) in [6.45, 7) is 5.16. The molecule has 2 aliphatic rings. The first kappa shape index (κ1) is 25.9. The number of dihydropyridines is 1. The lowest BCUT2D eigenvalue weighted by atomic mass is 9.71. The fourth-order valence-electron chi connectivity index (χ4n) is 5.13. The molecule has 9 heteroatoms. The maximum Gasteiger partial charge on any atom is 0.337 e. The van der Waals surface area contributed by atoms with E-state index < -0.39 is 22.9 Å². The number of ether oxygens (including phenoxy) is 3. The van der Waals surface area contributed by atoms with Crippen LogP contribution in [0.15, 0.2) is 65.0 Å². The first-order valence-corrected chi connectivity index (χ1v) is 12.1. The molecule has 0 fully saturated rings. The molecule has 1 N–H and O–H groups in total. The summed E-state index contributed by atoms with van der Waals surface area (Å²) in [6.07, 6.45) is 0.314. The highest BCUT2D eigenvalue weighted by atomic mass is 16.6. The number of hydrogen-bond acceptors (Lipinski definition) is 8. The van der Waals surface area contributed by atoms with Gasteiger partial charge in [-0.25, -0.2) is 4.79 Å². The van der Waals surface area contributed by atoms with E-state index >= 15 is 0 Å². The molecule has 2 atom stereocenters. The van der Waals surface area contributed by atoms with Crippen molar-refractivity contribution in [3.63, 3.8) is 0 Å². The number of Topliss-reactive ketones (excluding diaryl/α,β-unsaturated/α-hetero) is 1. The summed E-state index contributed by atoms with van der Waals surface area (Å²) in [7, 11) is 2.81. The highest BCUT2D eigenvalue weighted by Crippen LogP contribution is 2.49. The molecule has 0 saturated carbocycles. The summed E-state index contributed by atoms with van der Waals surface area (Å²) in [6, 6.07) is 12.5. The maximum atomic E-state index is 13.8.